The first-order chi connectivity index (χ1) is 4.83. The number of Topliss-reactive ketones (excluding diaryl/α,β-unsaturated/α-hetero) is 1. The minimum atomic E-state index is -4.49. The number of hydrogen-bond donors (Lipinski definition) is 3. The van der Waals surface area contributed by atoms with Crippen LogP contribution in [0.15, 0.2) is 0 Å². The van der Waals surface area contributed by atoms with Crippen molar-refractivity contribution in [2.24, 2.45) is 5.73 Å². The van der Waals surface area contributed by atoms with Crippen molar-refractivity contribution in [3.63, 3.8) is 0 Å². The maximum Gasteiger partial charge on any atom is 0.469 e. The lowest BCUT2D eigenvalue weighted by atomic mass is 10.2. The molecule has 0 aliphatic rings. The van der Waals surface area contributed by atoms with Crippen molar-refractivity contribution in [2.45, 2.75) is 13.0 Å². The third-order valence-electron chi connectivity index (χ3n) is 0.944. The molecule has 66 valence electrons. The Balaban J connectivity index is 3.72. The molecule has 0 aromatic carbocycles. The van der Waals surface area contributed by atoms with Crippen LogP contribution < -0.4 is 5.73 Å². The average Bonchev–Trinajstić information content (AvgIpc) is 1.80. The van der Waals surface area contributed by atoms with Crippen LogP contribution in [0.2, 0.25) is 0 Å². The highest BCUT2D eigenvalue weighted by atomic mass is 31.2. The van der Waals surface area contributed by atoms with Crippen LogP contribution in [0, 0.1) is 0 Å². The summed E-state index contributed by atoms with van der Waals surface area (Å²) >= 11 is 0. The van der Waals surface area contributed by atoms with Crippen LogP contribution in [0.1, 0.15) is 6.92 Å². The fraction of sp³-hybridized carbons (Fsp3) is 0.750. The van der Waals surface area contributed by atoms with Gasteiger partial charge in [0.15, 0.2) is 0 Å². The number of hydrogen-bond acceptors (Lipinski definition) is 4. The molecule has 0 radical (unpaired) electrons. The summed E-state index contributed by atoms with van der Waals surface area (Å²) in [5.41, 5.74) is 5.11. The molecule has 4 N–H and O–H groups in total. The summed E-state index contributed by atoms with van der Waals surface area (Å²) in [6.07, 6.45) is 0. The van der Waals surface area contributed by atoms with Gasteiger partial charge in [-0.15, -0.1) is 0 Å². The van der Waals surface area contributed by atoms with Crippen LogP contribution in [0.5, 0.6) is 0 Å². The second kappa shape index (κ2) is 3.94. The topological polar surface area (TPSA) is 110 Å². The van der Waals surface area contributed by atoms with E-state index in [0.717, 1.165) is 0 Å². The summed E-state index contributed by atoms with van der Waals surface area (Å²) in [6, 6.07) is -0.970. The Morgan fingerprint density at radius 2 is 2.18 bits per heavy atom. The van der Waals surface area contributed by atoms with Gasteiger partial charge >= 0.3 is 7.82 Å². The lowest BCUT2D eigenvalue weighted by Crippen LogP contribution is -2.32. The van der Waals surface area contributed by atoms with E-state index in [0.29, 0.717) is 0 Å². The third kappa shape index (κ3) is 6.15. The number of ketones is 1. The van der Waals surface area contributed by atoms with Crippen molar-refractivity contribution in [1.29, 1.82) is 0 Å². The molecule has 0 heterocycles. The van der Waals surface area contributed by atoms with Gasteiger partial charge < -0.3 is 15.5 Å². The van der Waals surface area contributed by atoms with Crippen molar-refractivity contribution in [3.8, 4) is 0 Å². The van der Waals surface area contributed by atoms with Crippen LogP contribution in [0.25, 0.3) is 0 Å². The summed E-state index contributed by atoms with van der Waals surface area (Å²) in [6.45, 7) is 0.757. The van der Waals surface area contributed by atoms with Crippen LogP contribution in [0.3, 0.4) is 0 Å². The molecule has 0 amide bonds. The highest BCUT2D eigenvalue weighted by Crippen LogP contribution is 2.35. The van der Waals surface area contributed by atoms with E-state index < -0.39 is 20.5 Å². The van der Waals surface area contributed by atoms with Gasteiger partial charge in [-0.1, -0.05) is 0 Å². The van der Waals surface area contributed by atoms with Crippen molar-refractivity contribution >= 4 is 13.6 Å². The zero-order valence-corrected chi connectivity index (χ0v) is 6.82. The van der Waals surface area contributed by atoms with E-state index >= 15 is 0 Å². The lowest BCUT2D eigenvalue weighted by molar-refractivity contribution is -0.118. The summed E-state index contributed by atoms with van der Waals surface area (Å²) in [5.74, 6) is -0.376. The normalized spacial score (nSPS) is 14.5. The van der Waals surface area contributed by atoms with Crippen LogP contribution in [-0.4, -0.2) is 28.2 Å². The van der Waals surface area contributed by atoms with Crippen molar-refractivity contribution in [3.05, 3.63) is 0 Å². The predicted molar refractivity (Wildman–Crippen MR) is 36.7 cm³/mol. The van der Waals surface area contributed by atoms with Gasteiger partial charge in [-0.2, -0.15) is 0 Å². The summed E-state index contributed by atoms with van der Waals surface area (Å²) in [7, 11) is -4.49. The predicted octanol–water partition coefficient (Wildman–Crippen LogP) is -0.988. The number of carbonyl (C=O) groups excluding carboxylic acids is 1. The molecule has 0 spiro atoms. The molecule has 7 heteroatoms. The van der Waals surface area contributed by atoms with Gasteiger partial charge in [0.25, 0.3) is 0 Å². The summed E-state index contributed by atoms with van der Waals surface area (Å²) < 4.78 is 14.0. The highest BCUT2D eigenvalue weighted by molar-refractivity contribution is 7.46. The Kier molecular flexibility index (Phi) is 3.85. The van der Waals surface area contributed by atoms with Crippen molar-refractivity contribution in [2.75, 3.05) is 6.61 Å². The molecule has 1 atom stereocenters. The number of carbonyl (C=O) groups is 1. The smallest absolute Gasteiger partial charge is 0.320 e. The molecule has 0 saturated carbocycles. The molecule has 0 aliphatic carbocycles. The molecule has 6 nitrogen and oxygen atoms in total. The Labute approximate surface area is 63.6 Å². The molecular formula is C4H10NO5P. The Bertz CT molecular complexity index is 187. The molecule has 0 bridgehead atoms. The van der Waals surface area contributed by atoms with Crippen LogP contribution in [0.4, 0.5) is 0 Å². The lowest BCUT2D eigenvalue weighted by Gasteiger charge is -2.08. The second-order valence-electron chi connectivity index (χ2n) is 2.00. The van der Waals surface area contributed by atoms with E-state index in [4.69, 9.17) is 15.5 Å². The first kappa shape index (κ1) is 10.7. The number of phosphoric acid groups is 1. The Morgan fingerprint density at radius 1 is 1.73 bits per heavy atom. The van der Waals surface area contributed by atoms with Crippen molar-refractivity contribution in [1.82, 2.24) is 0 Å². The van der Waals surface area contributed by atoms with E-state index in [-0.39, 0.29) is 5.78 Å². The number of rotatable bonds is 4. The maximum absolute atomic E-state index is 10.4. The monoisotopic (exact) mass is 183 g/mol. The van der Waals surface area contributed by atoms with Gasteiger partial charge in [-0.25, -0.2) is 4.57 Å². The minimum absolute atomic E-state index is 0.376. The Hall–Kier alpha value is -0.260. The van der Waals surface area contributed by atoms with Gasteiger partial charge in [-0.3, -0.25) is 9.32 Å². The molecule has 0 saturated heterocycles. The van der Waals surface area contributed by atoms with Crippen LogP contribution in [-0.2, 0) is 13.9 Å². The van der Waals surface area contributed by atoms with E-state index in [1.807, 2.05) is 0 Å². The van der Waals surface area contributed by atoms with E-state index in [1.165, 1.54) is 6.92 Å². The van der Waals surface area contributed by atoms with Gasteiger partial charge in [0.2, 0.25) is 0 Å². The van der Waals surface area contributed by atoms with E-state index in [1.54, 1.807) is 0 Å². The fourth-order valence-corrected chi connectivity index (χ4v) is 0.650. The van der Waals surface area contributed by atoms with Gasteiger partial charge in [-0.05, 0) is 6.92 Å². The van der Waals surface area contributed by atoms with Gasteiger partial charge in [0.05, 0.1) is 12.6 Å². The standard InChI is InChI=1S/C4H10NO5P/c1-3(6)4(5)2-10-11(7,8)9/h4H,2,5H2,1H3,(H2,7,8,9). The van der Waals surface area contributed by atoms with Gasteiger partial charge in [0, 0.05) is 0 Å². The quantitative estimate of drug-likeness (QED) is 0.483. The number of phosphoric ester groups is 1. The average molecular weight is 183 g/mol. The number of nitrogens with two attached hydrogens (primary N) is 1. The largest absolute Gasteiger partial charge is 0.469 e. The minimum Gasteiger partial charge on any atom is -0.320 e. The fourth-order valence-electron chi connectivity index (χ4n) is 0.295. The summed E-state index contributed by atoms with van der Waals surface area (Å²) in [4.78, 5) is 26.7. The molecule has 0 rings (SSSR count). The molecule has 11 heavy (non-hydrogen) atoms. The first-order valence-corrected chi connectivity index (χ1v) is 4.32. The zero-order valence-electron chi connectivity index (χ0n) is 5.93. The second-order valence-corrected chi connectivity index (χ2v) is 3.24. The highest BCUT2D eigenvalue weighted by Gasteiger charge is 2.17. The molecule has 1 unspecified atom stereocenters. The van der Waals surface area contributed by atoms with Crippen LogP contribution >= 0.6 is 7.82 Å². The summed E-state index contributed by atoms with van der Waals surface area (Å²) in [5, 5.41) is 0. The molecule has 0 aromatic heterocycles. The Morgan fingerprint density at radius 3 is 2.45 bits per heavy atom. The van der Waals surface area contributed by atoms with E-state index in [2.05, 4.69) is 4.52 Å². The van der Waals surface area contributed by atoms with E-state index in [9.17, 15) is 9.36 Å². The molecule has 0 aromatic rings. The van der Waals surface area contributed by atoms with Crippen molar-refractivity contribution < 1.29 is 23.7 Å². The molecule has 0 aliphatic heterocycles. The molecule has 0 fully saturated rings. The molecular weight excluding hydrogens is 173 g/mol. The maximum atomic E-state index is 10.4. The first-order valence-electron chi connectivity index (χ1n) is 2.79. The zero-order chi connectivity index (χ0) is 9.07. The SMILES string of the molecule is CC(=O)C(N)COP(=O)(O)O. The van der Waals surface area contributed by atoms with Gasteiger partial charge in [0.1, 0.15) is 5.78 Å². The third-order valence-corrected chi connectivity index (χ3v) is 1.43.